The SMILES string of the molecule is CN(C(=O)OC(C)(C)C)c1ncnc2c1ncn2C1C=C(COC(=O)c2ccccc2)C2OC(C)(C)OC21. The number of rotatable bonds is 5. The van der Waals surface area contributed by atoms with Crippen LogP contribution in [0.4, 0.5) is 10.6 Å². The molecule has 3 heterocycles. The average Bonchev–Trinajstić information content (AvgIpc) is 3.52. The van der Waals surface area contributed by atoms with Crippen molar-refractivity contribution >= 4 is 29.0 Å². The second-order valence-electron chi connectivity index (χ2n) is 10.8. The topological polar surface area (TPSA) is 118 Å². The van der Waals surface area contributed by atoms with Gasteiger partial charge in [0.15, 0.2) is 22.8 Å². The molecular formula is C27H31N5O6. The molecular weight excluding hydrogens is 490 g/mol. The second kappa shape index (κ2) is 9.48. The zero-order chi connectivity index (χ0) is 27.2. The van der Waals surface area contributed by atoms with Gasteiger partial charge in [0.25, 0.3) is 0 Å². The van der Waals surface area contributed by atoms with Gasteiger partial charge in [0.05, 0.1) is 17.9 Å². The van der Waals surface area contributed by atoms with Gasteiger partial charge < -0.3 is 23.5 Å². The summed E-state index contributed by atoms with van der Waals surface area (Å²) in [6.45, 7) is 9.14. The fourth-order valence-electron chi connectivity index (χ4n) is 4.63. The minimum absolute atomic E-state index is 0.0546. The van der Waals surface area contributed by atoms with E-state index in [1.165, 1.54) is 11.2 Å². The first-order valence-electron chi connectivity index (χ1n) is 12.4. The summed E-state index contributed by atoms with van der Waals surface area (Å²) in [6.07, 6.45) is 3.62. The van der Waals surface area contributed by atoms with Gasteiger partial charge in [-0.15, -0.1) is 0 Å². The normalized spacial score (nSPS) is 22.2. The summed E-state index contributed by atoms with van der Waals surface area (Å²) in [5, 5.41) is 0. The molecule has 0 spiro atoms. The van der Waals surface area contributed by atoms with E-state index in [2.05, 4.69) is 15.0 Å². The van der Waals surface area contributed by atoms with Crippen LogP contribution in [-0.2, 0) is 18.9 Å². The zero-order valence-electron chi connectivity index (χ0n) is 22.2. The van der Waals surface area contributed by atoms with Gasteiger partial charge in [0.1, 0.15) is 30.7 Å². The molecule has 3 atom stereocenters. The van der Waals surface area contributed by atoms with Crippen LogP contribution >= 0.6 is 0 Å². The molecule has 1 aromatic carbocycles. The number of ether oxygens (including phenoxy) is 4. The third kappa shape index (κ3) is 4.99. The molecule has 3 aromatic rings. The number of nitrogens with zero attached hydrogens (tertiary/aromatic N) is 5. The van der Waals surface area contributed by atoms with Crippen molar-refractivity contribution in [1.82, 2.24) is 19.5 Å². The summed E-state index contributed by atoms with van der Waals surface area (Å²) in [7, 11) is 1.58. The molecule has 3 unspecified atom stereocenters. The molecule has 200 valence electrons. The predicted molar refractivity (Wildman–Crippen MR) is 138 cm³/mol. The quantitative estimate of drug-likeness (QED) is 0.362. The number of aromatic nitrogens is 4. The van der Waals surface area contributed by atoms with Crippen molar-refractivity contribution in [1.29, 1.82) is 0 Å². The van der Waals surface area contributed by atoms with Crippen LogP contribution in [0.5, 0.6) is 0 Å². The van der Waals surface area contributed by atoms with Crippen molar-refractivity contribution in [2.45, 2.75) is 64.3 Å². The van der Waals surface area contributed by atoms with E-state index in [-0.39, 0.29) is 12.6 Å². The molecule has 38 heavy (non-hydrogen) atoms. The highest BCUT2D eigenvalue weighted by molar-refractivity contribution is 5.95. The summed E-state index contributed by atoms with van der Waals surface area (Å²) in [4.78, 5) is 39.8. The Morgan fingerprint density at radius 1 is 1.11 bits per heavy atom. The lowest BCUT2D eigenvalue weighted by molar-refractivity contribution is -0.148. The van der Waals surface area contributed by atoms with Gasteiger partial charge >= 0.3 is 12.1 Å². The number of benzene rings is 1. The molecule has 0 N–H and O–H groups in total. The standard InChI is InChI=1S/C27H31N5O6/c1-26(2,3)38-25(34)31(6)22-19-23(29-14-28-22)32(15-30-19)18-12-17(20-21(18)37-27(4,5)36-20)13-35-24(33)16-10-8-7-9-11-16/h7-12,14-15,18,20-21H,13H2,1-6H3. The van der Waals surface area contributed by atoms with Crippen molar-refractivity contribution in [3.63, 3.8) is 0 Å². The van der Waals surface area contributed by atoms with Crippen LogP contribution in [-0.4, -0.2) is 68.8 Å². The first-order chi connectivity index (χ1) is 17.9. The third-order valence-electron chi connectivity index (χ3n) is 6.24. The lowest BCUT2D eigenvalue weighted by Gasteiger charge is -2.24. The Bertz CT molecular complexity index is 1390. The number of carbonyl (C=O) groups excluding carboxylic acids is 2. The van der Waals surface area contributed by atoms with Gasteiger partial charge in [-0.05, 0) is 52.3 Å². The van der Waals surface area contributed by atoms with Crippen molar-refractivity contribution < 1.29 is 28.5 Å². The molecule has 1 aliphatic carbocycles. The van der Waals surface area contributed by atoms with Gasteiger partial charge in [0.2, 0.25) is 0 Å². The van der Waals surface area contributed by atoms with Crippen LogP contribution in [0.25, 0.3) is 11.2 Å². The van der Waals surface area contributed by atoms with E-state index in [4.69, 9.17) is 18.9 Å². The minimum atomic E-state index is -0.829. The number of anilines is 1. The number of esters is 1. The molecule has 11 heteroatoms. The van der Waals surface area contributed by atoms with Crippen molar-refractivity contribution in [2.24, 2.45) is 0 Å². The fourth-order valence-corrected chi connectivity index (χ4v) is 4.63. The van der Waals surface area contributed by atoms with Gasteiger partial charge in [-0.25, -0.2) is 24.5 Å². The number of amides is 1. The highest BCUT2D eigenvalue weighted by Gasteiger charge is 2.51. The lowest BCUT2D eigenvalue weighted by atomic mass is 10.1. The highest BCUT2D eigenvalue weighted by atomic mass is 16.8. The van der Waals surface area contributed by atoms with E-state index in [0.717, 1.165) is 5.57 Å². The van der Waals surface area contributed by atoms with Gasteiger partial charge in [-0.2, -0.15) is 0 Å². The second-order valence-corrected chi connectivity index (χ2v) is 10.8. The maximum absolute atomic E-state index is 12.7. The lowest BCUT2D eigenvalue weighted by Crippen LogP contribution is -2.34. The number of hydrogen-bond acceptors (Lipinski definition) is 9. The van der Waals surface area contributed by atoms with Gasteiger partial charge in [-0.1, -0.05) is 24.3 Å². The maximum Gasteiger partial charge on any atom is 0.415 e. The van der Waals surface area contributed by atoms with E-state index >= 15 is 0 Å². The first kappa shape index (κ1) is 25.8. The first-order valence-corrected chi connectivity index (χ1v) is 12.4. The molecule has 1 amide bonds. The Balaban J connectivity index is 1.44. The summed E-state index contributed by atoms with van der Waals surface area (Å²) in [5.41, 5.74) is 1.56. The summed E-state index contributed by atoms with van der Waals surface area (Å²) < 4.78 is 25.4. The van der Waals surface area contributed by atoms with E-state index < -0.39 is 35.7 Å². The Morgan fingerprint density at radius 2 is 1.84 bits per heavy atom. The molecule has 2 aromatic heterocycles. The van der Waals surface area contributed by atoms with E-state index in [9.17, 15) is 9.59 Å². The molecule has 2 aliphatic rings. The number of fused-ring (bicyclic) bond motifs is 2. The Kier molecular flexibility index (Phi) is 6.44. The predicted octanol–water partition coefficient (Wildman–Crippen LogP) is 4.06. The van der Waals surface area contributed by atoms with E-state index in [1.54, 1.807) is 58.4 Å². The van der Waals surface area contributed by atoms with Crippen LogP contribution in [0.15, 0.2) is 54.6 Å². The third-order valence-corrected chi connectivity index (χ3v) is 6.24. The smallest absolute Gasteiger partial charge is 0.415 e. The monoisotopic (exact) mass is 521 g/mol. The van der Waals surface area contributed by atoms with Crippen LogP contribution < -0.4 is 4.90 Å². The van der Waals surface area contributed by atoms with Crippen LogP contribution in [0.3, 0.4) is 0 Å². The van der Waals surface area contributed by atoms with Crippen LogP contribution in [0, 0.1) is 0 Å². The average molecular weight is 522 g/mol. The largest absolute Gasteiger partial charge is 0.457 e. The molecule has 1 saturated heterocycles. The van der Waals surface area contributed by atoms with E-state index in [1.807, 2.05) is 30.6 Å². The van der Waals surface area contributed by atoms with E-state index in [0.29, 0.717) is 22.5 Å². The van der Waals surface area contributed by atoms with Crippen LogP contribution in [0.1, 0.15) is 51.0 Å². The summed E-state index contributed by atoms with van der Waals surface area (Å²) >= 11 is 0. The molecule has 1 fully saturated rings. The van der Waals surface area contributed by atoms with Gasteiger partial charge in [0, 0.05) is 7.05 Å². The Hall–Kier alpha value is -3.83. The maximum atomic E-state index is 12.7. The van der Waals surface area contributed by atoms with Crippen molar-refractivity contribution in [3.8, 4) is 0 Å². The van der Waals surface area contributed by atoms with Gasteiger partial charge in [-0.3, -0.25) is 4.90 Å². The number of carbonyl (C=O) groups is 2. The minimum Gasteiger partial charge on any atom is -0.457 e. The molecule has 0 saturated carbocycles. The fraction of sp³-hybridized carbons (Fsp3) is 0.444. The Labute approximate surface area is 220 Å². The zero-order valence-corrected chi connectivity index (χ0v) is 22.2. The Morgan fingerprint density at radius 3 is 2.55 bits per heavy atom. The summed E-state index contributed by atoms with van der Waals surface area (Å²) in [5.74, 6) is -0.924. The molecule has 11 nitrogen and oxygen atoms in total. The molecule has 5 rings (SSSR count). The molecule has 0 radical (unpaired) electrons. The number of imidazole rings is 1. The summed E-state index contributed by atoms with van der Waals surface area (Å²) in [6, 6.07) is 8.49. The molecule has 1 aliphatic heterocycles. The van der Waals surface area contributed by atoms with Crippen molar-refractivity contribution in [2.75, 3.05) is 18.6 Å². The van der Waals surface area contributed by atoms with Crippen molar-refractivity contribution in [3.05, 3.63) is 60.2 Å². The van der Waals surface area contributed by atoms with Crippen LogP contribution in [0.2, 0.25) is 0 Å². The number of hydrogen-bond donors (Lipinski definition) is 0. The highest BCUT2D eigenvalue weighted by Crippen LogP contribution is 2.44. The molecule has 0 bridgehead atoms.